The average molecular weight is 412 g/mol. The van der Waals surface area contributed by atoms with Gasteiger partial charge in [0.1, 0.15) is 0 Å². The van der Waals surface area contributed by atoms with Gasteiger partial charge in [0.05, 0.1) is 0 Å². The number of anilines is 2. The zero-order chi connectivity index (χ0) is 15.2. The smallest absolute Gasteiger partial charge is 0.0401 e. The largest absolute Gasteiger partial charge is 0.381 e. The van der Waals surface area contributed by atoms with Gasteiger partial charge in [-0.2, -0.15) is 0 Å². The van der Waals surface area contributed by atoms with E-state index in [1.54, 1.807) is 0 Å². The Kier molecular flexibility index (Phi) is 6.12. The van der Waals surface area contributed by atoms with Crippen LogP contribution in [0.3, 0.4) is 0 Å². The van der Waals surface area contributed by atoms with Crippen molar-refractivity contribution in [3.05, 3.63) is 57.0 Å². The molecule has 1 N–H and O–H groups in total. The van der Waals surface area contributed by atoms with Crippen LogP contribution in [0.4, 0.5) is 11.4 Å². The minimum atomic E-state index is 0.816. The molecule has 0 aliphatic heterocycles. The van der Waals surface area contributed by atoms with E-state index >= 15 is 0 Å². The number of benzene rings is 2. The molecule has 0 unspecified atom stereocenters. The zero-order valence-corrected chi connectivity index (χ0v) is 15.5. The summed E-state index contributed by atoms with van der Waals surface area (Å²) in [5.41, 5.74) is 3.67. The Morgan fingerprint density at radius 3 is 2.14 bits per heavy atom. The topological polar surface area (TPSA) is 15.3 Å². The molecule has 2 nitrogen and oxygen atoms in total. The van der Waals surface area contributed by atoms with Crippen molar-refractivity contribution in [2.45, 2.75) is 20.4 Å². The van der Waals surface area contributed by atoms with Crippen molar-refractivity contribution in [2.75, 3.05) is 23.3 Å². The zero-order valence-electron chi connectivity index (χ0n) is 12.4. The number of halogens is 2. The minimum absolute atomic E-state index is 0.816. The molecular weight excluding hydrogens is 392 g/mol. The molecule has 0 aliphatic rings. The first-order valence-electron chi connectivity index (χ1n) is 7.16. The maximum atomic E-state index is 3.53. The molecule has 112 valence electrons. The standard InChI is InChI=1S/C17H20Br2N2/c1-3-21(4-2)15-8-6-14(7-9-15)20-12-13-5-10-16(18)17(19)11-13/h5-11,20H,3-4,12H2,1-2H3. The summed E-state index contributed by atoms with van der Waals surface area (Å²) in [5, 5.41) is 3.46. The quantitative estimate of drug-likeness (QED) is 0.658. The van der Waals surface area contributed by atoms with Gasteiger partial charge in [0.15, 0.2) is 0 Å². The Labute approximate surface area is 143 Å². The Morgan fingerprint density at radius 2 is 1.57 bits per heavy atom. The second kappa shape index (κ2) is 7.85. The van der Waals surface area contributed by atoms with E-state index in [4.69, 9.17) is 0 Å². The third-order valence-corrected chi connectivity index (χ3v) is 5.36. The van der Waals surface area contributed by atoms with Gasteiger partial charge in [-0.1, -0.05) is 6.07 Å². The molecule has 0 atom stereocenters. The summed E-state index contributed by atoms with van der Waals surface area (Å²) in [7, 11) is 0. The summed E-state index contributed by atoms with van der Waals surface area (Å²) >= 11 is 7.02. The Balaban J connectivity index is 1.98. The summed E-state index contributed by atoms with van der Waals surface area (Å²) in [6.45, 7) is 7.25. The molecule has 4 heteroatoms. The Bertz CT molecular complexity index is 578. The molecular formula is C17H20Br2N2. The van der Waals surface area contributed by atoms with Crippen molar-refractivity contribution in [2.24, 2.45) is 0 Å². The lowest BCUT2D eigenvalue weighted by atomic mass is 10.2. The lowest BCUT2D eigenvalue weighted by molar-refractivity contribution is 0.866. The maximum absolute atomic E-state index is 3.53. The summed E-state index contributed by atoms with van der Waals surface area (Å²) in [6.07, 6.45) is 0. The Hall–Kier alpha value is -1.000. The highest BCUT2D eigenvalue weighted by molar-refractivity contribution is 9.13. The first-order valence-corrected chi connectivity index (χ1v) is 8.75. The molecule has 0 heterocycles. The van der Waals surface area contributed by atoms with Crippen LogP contribution < -0.4 is 10.2 Å². The maximum Gasteiger partial charge on any atom is 0.0401 e. The highest BCUT2D eigenvalue weighted by Gasteiger charge is 2.02. The lowest BCUT2D eigenvalue weighted by Crippen LogP contribution is -2.21. The van der Waals surface area contributed by atoms with E-state index in [0.717, 1.165) is 34.3 Å². The average Bonchev–Trinajstić information content (AvgIpc) is 2.51. The van der Waals surface area contributed by atoms with Crippen LogP contribution >= 0.6 is 31.9 Å². The SMILES string of the molecule is CCN(CC)c1ccc(NCc2ccc(Br)c(Br)c2)cc1. The molecule has 0 amide bonds. The van der Waals surface area contributed by atoms with Gasteiger partial charge < -0.3 is 10.2 Å². The van der Waals surface area contributed by atoms with Crippen molar-refractivity contribution in [3.63, 3.8) is 0 Å². The number of nitrogens with zero attached hydrogens (tertiary/aromatic N) is 1. The normalized spacial score (nSPS) is 10.5. The van der Waals surface area contributed by atoms with Crippen LogP contribution in [-0.2, 0) is 6.54 Å². The summed E-state index contributed by atoms with van der Waals surface area (Å²) in [6, 6.07) is 14.9. The van der Waals surface area contributed by atoms with Gasteiger partial charge in [-0.3, -0.25) is 0 Å². The second-order valence-electron chi connectivity index (χ2n) is 4.82. The van der Waals surface area contributed by atoms with E-state index in [2.05, 4.69) is 98.4 Å². The number of nitrogens with one attached hydrogen (secondary N) is 1. The van der Waals surface area contributed by atoms with Crippen LogP contribution in [0.1, 0.15) is 19.4 Å². The van der Waals surface area contributed by atoms with Gasteiger partial charge in [-0.15, -0.1) is 0 Å². The lowest BCUT2D eigenvalue weighted by Gasteiger charge is -2.21. The fourth-order valence-electron chi connectivity index (χ4n) is 2.23. The van der Waals surface area contributed by atoms with Crippen molar-refractivity contribution in [3.8, 4) is 0 Å². The molecule has 0 radical (unpaired) electrons. The van der Waals surface area contributed by atoms with Crippen molar-refractivity contribution in [1.82, 2.24) is 0 Å². The van der Waals surface area contributed by atoms with Gasteiger partial charge >= 0.3 is 0 Å². The molecule has 0 saturated heterocycles. The van der Waals surface area contributed by atoms with Crippen LogP contribution in [-0.4, -0.2) is 13.1 Å². The highest BCUT2D eigenvalue weighted by Crippen LogP contribution is 2.24. The third kappa shape index (κ3) is 4.48. The fraction of sp³-hybridized carbons (Fsp3) is 0.294. The van der Waals surface area contributed by atoms with Crippen molar-refractivity contribution >= 4 is 43.2 Å². The minimum Gasteiger partial charge on any atom is -0.381 e. The molecule has 0 aliphatic carbocycles. The van der Waals surface area contributed by atoms with E-state index < -0.39 is 0 Å². The molecule has 0 fully saturated rings. The molecule has 0 spiro atoms. The molecule has 21 heavy (non-hydrogen) atoms. The summed E-state index contributed by atoms with van der Waals surface area (Å²) < 4.78 is 2.16. The highest BCUT2D eigenvalue weighted by atomic mass is 79.9. The van der Waals surface area contributed by atoms with Gasteiger partial charge in [-0.05, 0) is 87.7 Å². The van der Waals surface area contributed by atoms with E-state index in [1.807, 2.05) is 0 Å². The fourth-order valence-corrected chi connectivity index (χ4v) is 2.91. The Morgan fingerprint density at radius 1 is 0.905 bits per heavy atom. The molecule has 0 saturated carbocycles. The van der Waals surface area contributed by atoms with Crippen LogP contribution in [0.15, 0.2) is 51.4 Å². The number of hydrogen-bond acceptors (Lipinski definition) is 2. The van der Waals surface area contributed by atoms with Crippen LogP contribution in [0, 0.1) is 0 Å². The van der Waals surface area contributed by atoms with Gasteiger partial charge in [0, 0.05) is 40.0 Å². The molecule has 2 rings (SSSR count). The predicted octanol–water partition coefficient (Wildman–Crippen LogP) is 5.67. The predicted molar refractivity (Wildman–Crippen MR) is 99.2 cm³/mol. The van der Waals surface area contributed by atoms with E-state index in [0.29, 0.717) is 0 Å². The van der Waals surface area contributed by atoms with Crippen LogP contribution in [0.2, 0.25) is 0 Å². The van der Waals surface area contributed by atoms with E-state index in [9.17, 15) is 0 Å². The molecule has 0 aromatic heterocycles. The summed E-state index contributed by atoms with van der Waals surface area (Å²) in [4.78, 5) is 2.34. The number of rotatable bonds is 6. The van der Waals surface area contributed by atoms with Crippen LogP contribution in [0.25, 0.3) is 0 Å². The first-order chi connectivity index (χ1) is 10.1. The summed E-state index contributed by atoms with van der Waals surface area (Å²) in [5.74, 6) is 0. The molecule has 0 bridgehead atoms. The first kappa shape index (κ1) is 16.4. The van der Waals surface area contributed by atoms with Gasteiger partial charge in [0.25, 0.3) is 0 Å². The molecule has 2 aromatic rings. The monoisotopic (exact) mass is 410 g/mol. The van der Waals surface area contributed by atoms with E-state index in [-0.39, 0.29) is 0 Å². The van der Waals surface area contributed by atoms with Gasteiger partial charge in [0.2, 0.25) is 0 Å². The van der Waals surface area contributed by atoms with Gasteiger partial charge in [-0.25, -0.2) is 0 Å². The molecule has 2 aromatic carbocycles. The van der Waals surface area contributed by atoms with Crippen molar-refractivity contribution in [1.29, 1.82) is 0 Å². The van der Waals surface area contributed by atoms with Crippen LogP contribution in [0.5, 0.6) is 0 Å². The second-order valence-corrected chi connectivity index (χ2v) is 6.53. The van der Waals surface area contributed by atoms with E-state index in [1.165, 1.54) is 11.3 Å². The van der Waals surface area contributed by atoms with Crippen molar-refractivity contribution < 1.29 is 0 Å². The number of hydrogen-bond donors (Lipinski definition) is 1. The third-order valence-electron chi connectivity index (χ3n) is 3.48.